The topological polar surface area (TPSA) is 52.6 Å². The Hall–Kier alpha value is -1.62. The Balaban J connectivity index is 2.00. The number of rotatable bonds is 2. The highest BCUT2D eigenvalue weighted by Crippen LogP contribution is 2.19. The van der Waals surface area contributed by atoms with E-state index in [9.17, 15) is 9.18 Å². The molecule has 0 bridgehead atoms. The van der Waals surface area contributed by atoms with Crippen LogP contribution in [0.4, 0.5) is 14.9 Å². The van der Waals surface area contributed by atoms with E-state index < -0.39 is 5.82 Å². The summed E-state index contributed by atoms with van der Waals surface area (Å²) in [6, 6.07) is 4.41. The number of halogens is 1. The molecule has 2 rings (SSSR count). The minimum atomic E-state index is -0.427. The second-order valence-corrected chi connectivity index (χ2v) is 5.05. The van der Waals surface area contributed by atoms with E-state index in [2.05, 4.69) is 5.32 Å². The van der Waals surface area contributed by atoms with E-state index >= 15 is 0 Å². The summed E-state index contributed by atoms with van der Waals surface area (Å²) in [6.07, 6.45) is 1.80. The van der Waals surface area contributed by atoms with E-state index in [1.165, 1.54) is 6.07 Å². The van der Waals surface area contributed by atoms with Crippen LogP contribution >= 0.6 is 0 Å². The van der Waals surface area contributed by atoms with E-state index in [0.29, 0.717) is 13.1 Å². The van der Waals surface area contributed by atoms with Crippen molar-refractivity contribution in [2.24, 2.45) is 5.92 Å². The molecule has 19 heavy (non-hydrogen) atoms. The van der Waals surface area contributed by atoms with Crippen molar-refractivity contribution in [3.05, 3.63) is 29.6 Å². The SMILES string of the molecule is Cc1ccc(NC(=O)N2CCCC(CO)C2)c(F)c1. The Morgan fingerprint density at radius 2 is 2.37 bits per heavy atom. The Bertz CT molecular complexity index is 465. The third-order valence-electron chi connectivity index (χ3n) is 3.43. The molecule has 104 valence electrons. The van der Waals surface area contributed by atoms with Gasteiger partial charge in [-0.15, -0.1) is 0 Å². The lowest BCUT2D eigenvalue weighted by molar-refractivity contribution is 0.136. The highest BCUT2D eigenvalue weighted by atomic mass is 19.1. The number of urea groups is 1. The first-order valence-electron chi connectivity index (χ1n) is 6.53. The molecule has 1 aromatic carbocycles. The number of aliphatic hydroxyl groups is 1. The first kappa shape index (κ1) is 13.8. The molecule has 2 N–H and O–H groups in total. The summed E-state index contributed by atoms with van der Waals surface area (Å²) in [6.45, 7) is 3.06. The van der Waals surface area contributed by atoms with Gasteiger partial charge < -0.3 is 15.3 Å². The second kappa shape index (κ2) is 6.02. The third-order valence-corrected chi connectivity index (χ3v) is 3.43. The maximum atomic E-state index is 13.6. The molecule has 0 spiro atoms. The zero-order chi connectivity index (χ0) is 13.8. The molecule has 1 fully saturated rings. The average Bonchev–Trinajstić information content (AvgIpc) is 2.42. The number of benzene rings is 1. The van der Waals surface area contributed by atoms with Gasteiger partial charge in [0.25, 0.3) is 0 Å². The number of aliphatic hydroxyl groups excluding tert-OH is 1. The molecule has 1 aliphatic rings. The second-order valence-electron chi connectivity index (χ2n) is 5.05. The number of aryl methyl sites for hydroxylation is 1. The molecule has 1 unspecified atom stereocenters. The Kier molecular flexibility index (Phi) is 4.37. The van der Waals surface area contributed by atoms with Crippen LogP contribution in [0.3, 0.4) is 0 Å². The molecule has 0 radical (unpaired) electrons. The van der Waals surface area contributed by atoms with Crippen LogP contribution in [0.15, 0.2) is 18.2 Å². The Morgan fingerprint density at radius 3 is 3.05 bits per heavy atom. The number of likely N-dealkylation sites (tertiary alicyclic amines) is 1. The van der Waals surface area contributed by atoms with Crippen molar-refractivity contribution in [2.45, 2.75) is 19.8 Å². The van der Waals surface area contributed by atoms with Crippen LogP contribution < -0.4 is 5.32 Å². The van der Waals surface area contributed by atoms with Gasteiger partial charge in [0.2, 0.25) is 0 Å². The standard InChI is InChI=1S/C14H19FN2O2/c1-10-4-5-13(12(15)7-10)16-14(19)17-6-2-3-11(8-17)9-18/h4-5,7,11,18H,2-3,6,8-9H2,1H3,(H,16,19). The average molecular weight is 266 g/mol. The lowest BCUT2D eigenvalue weighted by Crippen LogP contribution is -2.43. The van der Waals surface area contributed by atoms with Gasteiger partial charge in [0, 0.05) is 19.7 Å². The van der Waals surface area contributed by atoms with E-state index in [0.717, 1.165) is 18.4 Å². The first-order valence-corrected chi connectivity index (χ1v) is 6.53. The fourth-order valence-electron chi connectivity index (χ4n) is 2.31. The Morgan fingerprint density at radius 1 is 1.58 bits per heavy atom. The summed E-state index contributed by atoms with van der Waals surface area (Å²) in [7, 11) is 0. The van der Waals surface area contributed by atoms with E-state index in [4.69, 9.17) is 5.11 Å². The predicted octanol–water partition coefficient (Wildman–Crippen LogP) is 2.37. The molecule has 1 aliphatic heterocycles. The number of anilines is 1. The van der Waals surface area contributed by atoms with Crippen LogP contribution in [0.2, 0.25) is 0 Å². The van der Waals surface area contributed by atoms with Crippen molar-refractivity contribution < 1.29 is 14.3 Å². The Labute approximate surface area is 112 Å². The van der Waals surface area contributed by atoms with Gasteiger partial charge in [0.15, 0.2) is 0 Å². The predicted molar refractivity (Wildman–Crippen MR) is 71.5 cm³/mol. The van der Waals surface area contributed by atoms with Gasteiger partial charge in [0.1, 0.15) is 5.82 Å². The molecule has 2 amide bonds. The molecule has 0 saturated carbocycles. The molecule has 1 aromatic rings. The van der Waals surface area contributed by atoms with Crippen LogP contribution in [0.1, 0.15) is 18.4 Å². The highest BCUT2D eigenvalue weighted by Gasteiger charge is 2.23. The smallest absolute Gasteiger partial charge is 0.321 e. The molecular formula is C14H19FN2O2. The summed E-state index contributed by atoms with van der Waals surface area (Å²) >= 11 is 0. The van der Waals surface area contributed by atoms with Crippen molar-refractivity contribution in [3.8, 4) is 0 Å². The number of nitrogens with zero attached hydrogens (tertiary/aromatic N) is 1. The molecule has 1 saturated heterocycles. The monoisotopic (exact) mass is 266 g/mol. The van der Waals surface area contributed by atoms with Crippen molar-refractivity contribution in [3.63, 3.8) is 0 Å². The zero-order valence-corrected chi connectivity index (χ0v) is 11.0. The minimum absolute atomic E-state index is 0.0860. The van der Waals surface area contributed by atoms with Gasteiger partial charge in [-0.25, -0.2) is 9.18 Å². The summed E-state index contributed by atoms with van der Waals surface area (Å²) < 4.78 is 13.6. The van der Waals surface area contributed by atoms with Gasteiger partial charge in [-0.1, -0.05) is 6.07 Å². The van der Waals surface area contributed by atoms with Gasteiger partial charge in [-0.05, 0) is 43.4 Å². The summed E-state index contributed by atoms with van der Waals surface area (Å²) in [4.78, 5) is 13.7. The lowest BCUT2D eigenvalue weighted by Gasteiger charge is -2.31. The van der Waals surface area contributed by atoms with E-state index in [-0.39, 0.29) is 24.2 Å². The van der Waals surface area contributed by atoms with Crippen LogP contribution in [0, 0.1) is 18.7 Å². The number of carbonyl (C=O) groups excluding carboxylic acids is 1. The largest absolute Gasteiger partial charge is 0.396 e. The van der Waals surface area contributed by atoms with Gasteiger partial charge in [-0.2, -0.15) is 0 Å². The van der Waals surface area contributed by atoms with Crippen molar-refractivity contribution in [2.75, 3.05) is 25.0 Å². The maximum Gasteiger partial charge on any atom is 0.321 e. The number of nitrogens with one attached hydrogen (secondary N) is 1. The fraction of sp³-hybridized carbons (Fsp3) is 0.500. The number of amides is 2. The van der Waals surface area contributed by atoms with Crippen LogP contribution in [-0.2, 0) is 0 Å². The van der Waals surface area contributed by atoms with Crippen molar-refractivity contribution in [1.82, 2.24) is 4.90 Å². The number of piperidine rings is 1. The molecule has 4 nitrogen and oxygen atoms in total. The number of hydrogen-bond donors (Lipinski definition) is 2. The quantitative estimate of drug-likeness (QED) is 0.863. The summed E-state index contributed by atoms with van der Waals surface area (Å²) in [5.41, 5.74) is 1.01. The third kappa shape index (κ3) is 3.44. The summed E-state index contributed by atoms with van der Waals surface area (Å²) in [5.74, 6) is -0.300. The van der Waals surface area contributed by atoms with Crippen LogP contribution in [0.25, 0.3) is 0 Å². The molecule has 0 aliphatic carbocycles. The maximum absolute atomic E-state index is 13.6. The summed E-state index contributed by atoms with van der Waals surface area (Å²) in [5, 5.41) is 11.7. The van der Waals surface area contributed by atoms with Crippen LogP contribution in [0.5, 0.6) is 0 Å². The van der Waals surface area contributed by atoms with Gasteiger partial charge in [-0.3, -0.25) is 0 Å². The molecule has 1 heterocycles. The van der Waals surface area contributed by atoms with Crippen LogP contribution in [-0.4, -0.2) is 35.7 Å². The van der Waals surface area contributed by atoms with Crippen molar-refractivity contribution >= 4 is 11.7 Å². The minimum Gasteiger partial charge on any atom is -0.396 e. The highest BCUT2D eigenvalue weighted by molar-refractivity contribution is 5.89. The number of carbonyl (C=O) groups is 1. The van der Waals surface area contributed by atoms with Gasteiger partial charge in [0.05, 0.1) is 5.69 Å². The normalized spacial score (nSPS) is 19.3. The molecular weight excluding hydrogens is 247 g/mol. The van der Waals surface area contributed by atoms with E-state index in [1.807, 2.05) is 0 Å². The zero-order valence-electron chi connectivity index (χ0n) is 11.0. The van der Waals surface area contributed by atoms with Gasteiger partial charge >= 0.3 is 6.03 Å². The van der Waals surface area contributed by atoms with Crippen molar-refractivity contribution in [1.29, 1.82) is 0 Å². The lowest BCUT2D eigenvalue weighted by atomic mass is 9.99. The first-order chi connectivity index (χ1) is 9.10. The number of hydrogen-bond acceptors (Lipinski definition) is 2. The molecule has 0 aromatic heterocycles. The fourth-order valence-corrected chi connectivity index (χ4v) is 2.31. The molecule has 1 atom stereocenters. The van der Waals surface area contributed by atoms with E-state index in [1.54, 1.807) is 24.0 Å². The molecule has 5 heteroatoms.